The van der Waals surface area contributed by atoms with E-state index in [2.05, 4.69) is 51.2 Å². The summed E-state index contributed by atoms with van der Waals surface area (Å²) in [7, 11) is 0. The number of amides is 5. The molecule has 3 fully saturated rings. The molecule has 16 heteroatoms. The summed E-state index contributed by atoms with van der Waals surface area (Å²) in [6.07, 6.45) is 6.89. The summed E-state index contributed by atoms with van der Waals surface area (Å²) < 4.78 is 22.6. The van der Waals surface area contributed by atoms with Crippen LogP contribution in [0.4, 0.5) is 9.52 Å². The van der Waals surface area contributed by atoms with Crippen molar-refractivity contribution in [2.24, 2.45) is 5.92 Å². The summed E-state index contributed by atoms with van der Waals surface area (Å²) in [6.45, 7) is 9.69. The van der Waals surface area contributed by atoms with E-state index in [-0.39, 0.29) is 41.2 Å². The lowest BCUT2D eigenvalue weighted by Crippen LogP contribution is -2.54. The molecule has 1 unspecified atom stereocenters. The molecule has 0 spiro atoms. The lowest BCUT2D eigenvalue weighted by atomic mass is 9.92. The minimum absolute atomic E-state index is 0.000303. The highest BCUT2D eigenvalue weighted by Gasteiger charge is 2.46. The predicted octanol–water partition coefficient (Wildman–Crippen LogP) is 4.58. The summed E-state index contributed by atoms with van der Waals surface area (Å²) in [5.41, 5.74) is -0.136. The standard InChI is InChI=1S/C36H42FN7O6S2/c1-36(2,3)25-16-38-27(50-25)19-51-28-17-39-35(52-28)41-31(46)20-8-14-43(15-9-20)22-10-12-42(13-11-22)18-21-4-5-23-29(30(21)37)34(49)44(33(23)48)24-6-7-26(45)40-32(24)47/h4-5,16-17,20,22,24H,6-15,18-19H2,1-3H3,(H,39,41,46)(H,40,45,47). The van der Waals surface area contributed by atoms with E-state index in [9.17, 15) is 24.0 Å². The Kier molecular flexibility index (Phi) is 10.3. The van der Waals surface area contributed by atoms with Gasteiger partial charge in [-0.1, -0.05) is 38.2 Å². The Labute approximate surface area is 309 Å². The summed E-state index contributed by atoms with van der Waals surface area (Å²) in [5, 5.41) is 5.76. The quantitative estimate of drug-likeness (QED) is 0.233. The number of hydrogen-bond acceptors (Lipinski definition) is 12. The molecule has 0 radical (unpaired) electrons. The van der Waals surface area contributed by atoms with E-state index in [0.29, 0.717) is 34.9 Å². The number of carbonyl (C=O) groups excluding carboxylic acids is 5. The number of fused-ring (bicyclic) bond motifs is 1. The zero-order valence-electron chi connectivity index (χ0n) is 29.4. The first-order valence-electron chi connectivity index (χ1n) is 17.7. The van der Waals surface area contributed by atoms with E-state index in [0.717, 1.165) is 66.7 Å². The Bertz CT molecular complexity index is 1890. The van der Waals surface area contributed by atoms with Gasteiger partial charge in [-0.15, -0.1) is 11.8 Å². The van der Waals surface area contributed by atoms with Crippen LogP contribution in [0, 0.1) is 11.7 Å². The molecule has 4 aliphatic rings. The number of anilines is 1. The third-order valence-electron chi connectivity index (χ3n) is 10.3. The second kappa shape index (κ2) is 14.8. The van der Waals surface area contributed by atoms with Crippen LogP contribution in [0.25, 0.3) is 0 Å². The second-order valence-electron chi connectivity index (χ2n) is 14.9. The fourth-order valence-corrected chi connectivity index (χ4v) is 9.07. The summed E-state index contributed by atoms with van der Waals surface area (Å²) in [6, 6.07) is 2.23. The van der Waals surface area contributed by atoms with E-state index < -0.39 is 35.5 Å². The smallest absolute Gasteiger partial charge is 0.265 e. The van der Waals surface area contributed by atoms with Gasteiger partial charge in [0.2, 0.25) is 23.6 Å². The Morgan fingerprint density at radius 2 is 1.77 bits per heavy atom. The van der Waals surface area contributed by atoms with Gasteiger partial charge in [0.05, 0.1) is 33.5 Å². The average molecular weight is 752 g/mol. The highest BCUT2D eigenvalue weighted by atomic mass is 32.2. The first-order chi connectivity index (χ1) is 24.9. The molecule has 52 heavy (non-hydrogen) atoms. The van der Waals surface area contributed by atoms with Crippen LogP contribution in [0.2, 0.25) is 0 Å². The highest BCUT2D eigenvalue weighted by molar-refractivity contribution is 8.00. The topological polar surface area (TPSA) is 158 Å². The van der Waals surface area contributed by atoms with Gasteiger partial charge in [-0.05, 0) is 64.3 Å². The van der Waals surface area contributed by atoms with Crippen LogP contribution < -0.4 is 10.6 Å². The maximum absolute atomic E-state index is 15.8. The van der Waals surface area contributed by atoms with E-state index in [1.807, 2.05) is 0 Å². The number of carbonyl (C=O) groups is 5. The highest BCUT2D eigenvalue weighted by Crippen LogP contribution is 2.34. The van der Waals surface area contributed by atoms with Crippen LogP contribution in [0.15, 0.2) is 33.2 Å². The Morgan fingerprint density at radius 3 is 2.46 bits per heavy atom. The lowest BCUT2D eigenvalue weighted by molar-refractivity contribution is -0.136. The van der Waals surface area contributed by atoms with E-state index in [1.54, 1.807) is 30.2 Å². The number of benzene rings is 1. The van der Waals surface area contributed by atoms with Crippen molar-refractivity contribution in [3.8, 4) is 0 Å². The summed E-state index contributed by atoms with van der Waals surface area (Å²) in [4.78, 5) is 77.5. The number of halogens is 1. The number of rotatable bonds is 9. The van der Waals surface area contributed by atoms with Gasteiger partial charge >= 0.3 is 0 Å². The van der Waals surface area contributed by atoms with Crippen molar-refractivity contribution in [1.82, 2.24) is 30.0 Å². The minimum atomic E-state index is -1.14. The minimum Gasteiger partial charge on any atom is -0.444 e. The van der Waals surface area contributed by atoms with Crippen molar-refractivity contribution >= 4 is 57.8 Å². The molecule has 3 aromatic rings. The first kappa shape index (κ1) is 36.4. The molecule has 1 atom stereocenters. The van der Waals surface area contributed by atoms with E-state index in [4.69, 9.17) is 4.42 Å². The van der Waals surface area contributed by atoms with Crippen LogP contribution in [-0.4, -0.2) is 92.5 Å². The molecule has 4 aliphatic heterocycles. The molecule has 0 bridgehead atoms. The molecule has 1 aromatic carbocycles. The van der Waals surface area contributed by atoms with E-state index >= 15 is 4.39 Å². The molecular weight excluding hydrogens is 710 g/mol. The second-order valence-corrected chi connectivity index (χ2v) is 17.2. The van der Waals surface area contributed by atoms with Crippen molar-refractivity contribution < 1.29 is 32.8 Å². The van der Waals surface area contributed by atoms with E-state index in [1.165, 1.54) is 17.4 Å². The van der Waals surface area contributed by atoms with Gasteiger partial charge in [-0.25, -0.2) is 14.4 Å². The number of imide groups is 2. The number of nitrogens with one attached hydrogen (secondary N) is 2. The van der Waals surface area contributed by atoms with Gasteiger partial charge in [0.25, 0.3) is 11.8 Å². The molecule has 3 saturated heterocycles. The monoisotopic (exact) mass is 751 g/mol. The Balaban J connectivity index is 0.855. The summed E-state index contributed by atoms with van der Waals surface area (Å²) in [5.74, 6) is -1.46. The third kappa shape index (κ3) is 7.56. The Morgan fingerprint density at radius 1 is 1.02 bits per heavy atom. The molecule has 7 rings (SSSR count). The van der Waals surface area contributed by atoms with Crippen molar-refractivity contribution in [2.75, 3.05) is 31.5 Å². The molecule has 0 aliphatic carbocycles. The average Bonchev–Trinajstić information content (AvgIpc) is 3.84. The lowest BCUT2D eigenvalue weighted by Gasteiger charge is -2.41. The van der Waals surface area contributed by atoms with Crippen molar-refractivity contribution in [2.45, 2.75) is 93.3 Å². The number of thiazole rings is 1. The maximum atomic E-state index is 15.8. The molecule has 6 heterocycles. The molecule has 0 saturated carbocycles. The van der Waals surface area contributed by atoms with Crippen molar-refractivity contribution in [3.63, 3.8) is 0 Å². The predicted molar refractivity (Wildman–Crippen MR) is 191 cm³/mol. The molecule has 5 amide bonds. The fourth-order valence-electron chi connectivity index (χ4n) is 7.34. The van der Waals surface area contributed by atoms with Gasteiger partial charge in [0.1, 0.15) is 17.6 Å². The SMILES string of the molecule is CC(C)(C)c1cnc(CSc2cnc(NC(=O)C3CCN(C4CCN(Cc5ccc6c(c5F)C(=O)N(C5CCC(=O)NC5=O)C6=O)CC4)CC3)s2)o1. The van der Waals surface area contributed by atoms with Crippen LogP contribution in [0.5, 0.6) is 0 Å². The number of piperidine rings is 3. The molecular formula is C36H42FN7O6S2. The molecule has 2 N–H and O–H groups in total. The summed E-state index contributed by atoms with van der Waals surface area (Å²) >= 11 is 3.03. The molecule has 276 valence electrons. The molecule has 2 aromatic heterocycles. The van der Waals surface area contributed by atoms with Crippen molar-refractivity contribution in [1.29, 1.82) is 0 Å². The number of likely N-dealkylation sites (tertiary alicyclic amines) is 2. The fraction of sp³-hybridized carbons (Fsp3) is 0.528. The number of nitrogens with zero attached hydrogens (tertiary/aromatic N) is 5. The zero-order chi connectivity index (χ0) is 36.7. The van der Waals surface area contributed by atoms with Gasteiger partial charge in [-0.2, -0.15) is 0 Å². The van der Waals surface area contributed by atoms with Crippen LogP contribution >= 0.6 is 23.1 Å². The zero-order valence-corrected chi connectivity index (χ0v) is 31.0. The largest absolute Gasteiger partial charge is 0.444 e. The third-order valence-corrected chi connectivity index (χ3v) is 12.4. The van der Waals surface area contributed by atoms with Gasteiger partial charge < -0.3 is 14.6 Å². The van der Waals surface area contributed by atoms with Gasteiger partial charge in [0.15, 0.2) is 5.13 Å². The van der Waals surface area contributed by atoms with Gasteiger partial charge in [0, 0.05) is 35.9 Å². The number of hydrogen-bond donors (Lipinski definition) is 2. The Hall–Kier alpha value is -3.99. The van der Waals surface area contributed by atoms with Crippen molar-refractivity contribution in [3.05, 3.63) is 58.7 Å². The normalized spacial score (nSPS) is 21.2. The molecule has 13 nitrogen and oxygen atoms in total. The van der Waals surface area contributed by atoms with Crippen LogP contribution in [0.1, 0.15) is 97.2 Å². The van der Waals surface area contributed by atoms with Crippen LogP contribution in [-0.2, 0) is 32.1 Å². The van der Waals surface area contributed by atoms with Crippen LogP contribution in [0.3, 0.4) is 0 Å². The number of thioether (sulfide) groups is 1. The van der Waals surface area contributed by atoms with Gasteiger partial charge in [-0.3, -0.25) is 39.1 Å². The number of aromatic nitrogens is 2. The first-order valence-corrected chi connectivity index (χ1v) is 19.5. The maximum Gasteiger partial charge on any atom is 0.265 e. The number of oxazole rings is 1.